The number of para-hydroxylation sites is 2. The first-order valence-electron chi connectivity index (χ1n) is 11.4. The largest absolute Gasteiger partial charge is 0.493 e. The third-order valence-electron chi connectivity index (χ3n) is 5.24. The Kier molecular flexibility index (Phi) is 9.55. The van der Waals surface area contributed by atoms with Crippen LogP contribution in [0.5, 0.6) is 23.0 Å². The van der Waals surface area contributed by atoms with Gasteiger partial charge in [-0.1, -0.05) is 30.3 Å². The van der Waals surface area contributed by atoms with E-state index in [0.717, 1.165) is 16.5 Å². The Bertz CT molecular complexity index is 1290. The molecular weight excluding hydrogens is 482 g/mol. The lowest BCUT2D eigenvalue weighted by molar-refractivity contribution is 0.143. The zero-order chi connectivity index (χ0) is 24.6. The molecule has 0 unspecified atom stereocenters. The van der Waals surface area contributed by atoms with Crippen LogP contribution in [0, 0.1) is 0 Å². The fraction of sp³-hybridized carbons (Fsp3) is 0.259. The number of benzene rings is 3. The highest BCUT2D eigenvalue weighted by atomic mass is 35.5. The molecule has 0 saturated heterocycles. The second-order valence-electron chi connectivity index (χ2n) is 7.44. The molecule has 0 spiro atoms. The van der Waals surface area contributed by atoms with Crippen LogP contribution in [0.2, 0.25) is 0 Å². The zero-order valence-corrected chi connectivity index (χ0v) is 21.6. The molecule has 1 heterocycles. The van der Waals surface area contributed by atoms with Crippen LogP contribution >= 0.6 is 12.4 Å². The van der Waals surface area contributed by atoms with Crippen molar-refractivity contribution in [2.45, 2.75) is 20.5 Å². The van der Waals surface area contributed by atoms with Gasteiger partial charge in [0, 0.05) is 23.2 Å². The molecule has 4 rings (SSSR count). The van der Waals surface area contributed by atoms with Crippen molar-refractivity contribution in [3.8, 4) is 23.0 Å². The van der Waals surface area contributed by atoms with Gasteiger partial charge in [0.25, 0.3) is 5.95 Å². The lowest BCUT2D eigenvalue weighted by Gasteiger charge is -2.24. The first-order chi connectivity index (χ1) is 17.2. The van der Waals surface area contributed by atoms with Crippen molar-refractivity contribution in [1.29, 1.82) is 0 Å². The van der Waals surface area contributed by atoms with E-state index in [2.05, 4.69) is 9.97 Å². The van der Waals surface area contributed by atoms with Gasteiger partial charge in [-0.05, 0) is 38.1 Å². The third-order valence-corrected chi connectivity index (χ3v) is 5.24. The maximum atomic E-state index is 6.07. The highest BCUT2D eigenvalue weighted by molar-refractivity contribution is 5.85. The van der Waals surface area contributed by atoms with Crippen LogP contribution in [-0.2, 0) is 11.4 Å². The van der Waals surface area contributed by atoms with Crippen molar-refractivity contribution in [1.82, 2.24) is 9.97 Å². The molecule has 0 bridgehead atoms. The van der Waals surface area contributed by atoms with Crippen molar-refractivity contribution < 1.29 is 23.8 Å². The van der Waals surface area contributed by atoms with Crippen LogP contribution in [0.15, 0.2) is 66.9 Å². The minimum Gasteiger partial charge on any atom is -0.493 e. The Morgan fingerprint density at radius 3 is 2.42 bits per heavy atom. The summed E-state index contributed by atoms with van der Waals surface area (Å²) in [6.07, 6.45) is 1.78. The fourth-order valence-electron chi connectivity index (χ4n) is 3.68. The molecule has 0 amide bonds. The molecule has 0 radical (unpaired) electrons. The van der Waals surface area contributed by atoms with Crippen LogP contribution in [0.3, 0.4) is 0 Å². The molecule has 0 fully saturated rings. The molecule has 0 atom stereocenters. The van der Waals surface area contributed by atoms with Gasteiger partial charge >= 0.3 is 0 Å². The zero-order valence-electron chi connectivity index (χ0n) is 20.8. The molecule has 9 heteroatoms. The van der Waals surface area contributed by atoms with Gasteiger partial charge in [-0.25, -0.2) is 9.97 Å². The normalized spacial score (nSPS) is 10.4. The van der Waals surface area contributed by atoms with E-state index in [1.807, 2.05) is 74.5 Å². The summed E-state index contributed by atoms with van der Waals surface area (Å²) in [6, 6.07) is 19.1. The number of halogens is 1. The molecule has 36 heavy (non-hydrogen) atoms. The van der Waals surface area contributed by atoms with Gasteiger partial charge < -0.3 is 18.9 Å². The predicted molar refractivity (Wildman–Crippen MR) is 142 cm³/mol. The minimum atomic E-state index is 0. The van der Waals surface area contributed by atoms with Crippen LogP contribution in [0.1, 0.15) is 19.4 Å². The van der Waals surface area contributed by atoms with Crippen LogP contribution < -0.4 is 24.0 Å². The van der Waals surface area contributed by atoms with Gasteiger partial charge in [0.1, 0.15) is 23.8 Å². The van der Waals surface area contributed by atoms with Crippen molar-refractivity contribution in [2.75, 3.05) is 32.5 Å². The molecule has 0 aliphatic rings. The topological polar surface area (TPSA) is 75.2 Å². The van der Waals surface area contributed by atoms with Crippen LogP contribution in [-0.4, -0.2) is 37.4 Å². The summed E-state index contributed by atoms with van der Waals surface area (Å²) in [5, 5.41) is 2.54. The standard InChI is InChI=1S/C27H29N3O5.ClH/c1-5-33-25-16-21(34-18-20-11-9-13-24(31-3)26(20)32-4)14-15-23(25)30(35-6-2)27-28-17-19-10-7-8-12-22(19)29-27;/h7-17H,5-6,18H2,1-4H3;1H. The summed E-state index contributed by atoms with van der Waals surface area (Å²) in [5.41, 5.74) is 2.37. The Labute approximate surface area is 217 Å². The van der Waals surface area contributed by atoms with E-state index >= 15 is 0 Å². The quantitative estimate of drug-likeness (QED) is 0.222. The second-order valence-corrected chi connectivity index (χ2v) is 7.44. The Hall–Kier alpha value is -3.75. The molecule has 0 N–H and O–H groups in total. The van der Waals surface area contributed by atoms with Gasteiger partial charge in [0.15, 0.2) is 11.5 Å². The van der Waals surface area contributed by atoms with Gasteiger partial charge in [0.05, 0.1) is 33.0 Å². The maximum Gasteiger partial charge on any atom is 0.255 e. The molecule has 4 aromatic rings. The second kappa shape index (κ2) is 12.8. The van der Waals surface area contributed by atoms with Crippen molar-refractivity contribution in [3.63, 3.8) is 0 Å². The van der Waals surface area contributed by atoms with Crippen LogP contribution in [0.4, 0.5) is 11.6 Å². The van der Waals surface area contributed by atoms with E-state index in [-0.39, 0.29) is 12.4 Å². The highest BCUT2D eigenvalue weighted by Gasteiger charge is 2.20. The number of rotatable bonds is 11. The molecule has 0 saturated carbocycles. The fourth-order valence-corrected chi connectivity index (χ4v) is 3.68. The molecule has 3 aromatic carbocycles. The number of methoxy groups -OCH3 is 2. The summed E-state index contributed by atoms with van der Waals surface area (Å²) in [5.74, 6) is 2.95. The summed E-state index contributed by atoms with van der Waals surface area (Å²) in [6.45, 7) is 5.03. The van der Waals surface area contributed by atoms with Gasteiger partial charge in [-0.15, -0.1) is 12.4 Å². The maximum absolute atomic E-state index is 6.07. The molecule has 1 aromatic heterocycles. The monoisotopic (exact) mass is 511 g/mol. The average molecular weight is 512 g/mol. The van der Waals surface area contributed by atoms with E-state index in [4.69, 9.17) is 23.8 Å². The average Bonchev–Trinajstić information content (AvgIpc) is 2.90. The number of ether oxygens (including phenoxy) is 4. The Morgan fingerprint density at radius 1 is 0.833 bits per heavy atom. The lowest BCUT2D eigenvalue weighted by atomic mass is 10.2. The molecule has 190 valence electrons. The molecule has 0 aliphatic heterocycles. The van der Waals surface area contributed by atoms with Gasteiger partial charge in [-0.2, -0.15) is 5.06 Å². The third kappa shape index (κ3) is 5.90. The van der Waals surface area contributed by atoms with E-state index in [1.165, 1.54) is 0 Å². The number of aromatic nitrogens is 2. The molecule has 0 aliphatic carbocycles. The number of hydrogen-bond acceptors (Lipinski definition) is 8. The lowest BCUT2D eigenvalue weighted by Crippen LogP contribution is -2.21. The number of fused-ring (bicyclic) bond motifs is 1. The van der Waals surface area contributed by atoms with Crippen molar-refractivity contribution in [2.24, 2.45) is 0 Å². The first kappa shape index (κ1) is 26.8. The summed E-state index contributed by atoms with van der Waals surface area (Å²) < 4.78 is 22.9. The number of anilines is 2. The van der Waals surface area contributed by atoms with Crippen LogP contribution in [0.25, 0.3) is 10.9 Å². The predicted octanol–water partition coefficient (Wildman–Crippen LogP) is 6.14. The molecular formula is C27H30ClN3O5. The molecule has 8 nitrogen and oxygen atoms in total. The van der Waals surface area contributed by atoms with Crippen molar-refractivity contribution >= 4 is 34.9 Å². The SMILES string of the molecule is CCOc1cc(OCc2cccc(OC)c2OC)ccc1N(OCC)c1ncc2ccccc2n1.Cl. The smallest absolute Gasteiger partial charge is 0.255 e. The highest BCUT2D eigenvalue weighted by Crippen LogP contribution is 2.37. The summed E-state index contributed by atoms with van der Waals surface area (Å²) >= 11 is 0. The van der Waals surface area contributed by atoms with E-state index in [9.17, 15) is 0 Å². The summed E-state index contributed by atoms with van der Waals surface area (Å²) in [7, 11) is 3.22. The van der Waals surface area contributed by atoms with Gasteiger partial charge in [-0.3, -0.25) is 4.84 Å². The number of hydrogen-bond donors (Lipinski definition) is 0. The van der Waals surface area contributed by atoms with Crippen molar-refractivity contribution in [3.05, 3.63) is 72.4 Å². The summed E-state index contributed by atoms with van der Waals surface area (Å²) in [4.78, 5) is 15.1. The van der Waals surface area contributed by atoms with E-state index in [1.54, 1.807) is 25.5 Å². The van der Waals surface area contributed by atoms with E-state index < -0.39 is 0 Å². The Morgan fingerprint density at radius 2 is 1.67 bits per heavy atom. The van der Waals surface area contributed by atoms with Gasteiger partial charge in [0.2, 0.25) is 0 Å². The van der Waals surface area contributed by atoms with E-state index in [0.29, 0.717) is 54.5 Å². The Balaban J connectivity index is 0.00000361. The number of nitrogens with zero attached hydrogens (tertiary/aromatic N) is 3. The minimum absolute atomic E-state index is 0. The first-order valence-corrected chi connectivity index (χ1v) is 11.4.